The summed E-state index contributed by atoms with van der Waals surface area (Å²) < 4.78 is 0. The van der Waals surface area contributed by atoms with Gasteiger partial charge in [0, 0.05) is 36.3 Å². The maximum atomic E-state index is 10.9. The van der Waals surface area contributed by atoms with Crippen molar-refractivity contribution in [3.05, 3.63) is 35.6 Å². The third-order valence-electron chi connectivity index (χ3n) is 6.06. The molecule has 0 amide bonds. The Labute approximate surface area is 188 Å². The number of dihydropyridines is 1. The van der Waals surface area contributed by atoms with Crippen molar-refractivity contribution in [3.8, 4) is 0 Å². The van der Waals surface area contributed by atoms with Crippen molar-refractivity contribution in [2.45, 2.75) is 77.5 Å². The van der Waals surface area contributed by atoms with E-state index in [-0.39, 0.29) is 17.6 Å². The molecule has 174 valence electrons. The fourth-order valence-corrected chi connectivity index (χ4v) is 4.07. The Morgan fingerprint density at radius 3 is 2.87 bits per heavy atom. The predicted octanol–water partition coefficient (Wildman–Crippen LogP) is 4.15. The molecule has 0 bridgehead atoms. The zero-order valence-corrected chi connectivity index (χ0v) is 19.9. The van der Waals surface area contributed by atoms with E-state index in [1.807, 2.05) is 20.2 Å². The van der Waals surface area contributed by atoms with Crippen molar-refractivity contribution >= 4 is 12.5 Å². The van der Waals surface area contributed by atoms with Gasteiger partial charge >= 0.3 is 0 Å². The Bertz CT molecular complexity index is 685. The average Bonchev–Trinajstić information content (AvgIpc) is 2.75. The lowest BCUT2D eigenvalue weighted by Gasteiger charge is -2.31. The van der Waals surface area contributed by atoms with Crippen molar-refractivity contribution in [1.29, 1.82) is 0 Å². The topological polar surface area (TPSA) is 72.0 Å². The molecule has 0 aromatic heterocycles. The number of carbonyl (C=O) groups excluding carboxylic acids is 1. The molecule has 1 heterocycles. The monoisotopic (exact) mass is 431 g/mol. The van der Waals surface area contributed by atoms with E-state index in [0.717, 1.165) is 44.9 Å². The van der Waals surface area contributed by atoms with Crippen LogP contribution in [-0.4, -0.2) is 50.4 Å². The molecule has 2 N–H and O–H groups in total. The SMILES string of the molecule is CN[C@H](C)CC(C)(CCCC(C)C=O)OOCCCNC1=CC=NC2C=C(C)C=CC12. The van der Waals surface area contributed by atoms with Gasteiger partial charge in [-0.15, -0.1) is 0 Å². The standard InChI is InChI=1S/C25H41N3O3/c1-19-9-10-22-23(11-14-28-24(22)16-19)27-13-7-15-30-31-25(4,17-21(3)26-5)12-6-8-20(2)18-29/h9-11,14,16,18,20-22,24,26-27H,6-8,12-13,15,17H2,1-5H3/t20?,21-,22?,24?,25?/m1/s1. The highest BCUT2D eigenvalue weighted by molar-refractivity contribution is 5.74. The van der Waals surface area contributed by atoms with E-state index in [1.165, 1.54) is 11.3 Å². The lowest BCUT2D eigenvalue weighted by molar-refractivity contribution is -0.361. The van der Waals surface area contributed by atoms with Crippen LogP contribution in [0.25, 0.3) is 0 Å². The molecule has 1 aliphatic heterocycles. The number of nitrogens with zero attached hydrogens (tertiary/aromatic N) is 1. The number of nitrogens with one attached hydrogen (secondary N) is 2. The summed E-state index contributed by atoms with van der Waals surface area (Å²) in [4.78, 5) is 27.0. The Balaban J connectivity index is 1.71. The molecule has 6 heteroatoms. The summed E-state index contributed by atoms with van der Waals surface area (Å²) in [6.07, 6.45) is 16.0. The quantitative estimate of drug-likeness (QED) is 0.176. The van der Waals surface area contributed by atoms with Gasteiger partial charge in [0.15, 0.2) is 0 Å². The van der Waals surface area contributed by atoms with Gasteiger partial charge in [-0.1, -0.05) is 30.7 Å². The summed E-state index contributed by atoms with van der Waals surface area (Å²) >= 11 is 0. The van der Waals surface area contributed by atoms with E-state index in [9.17, 15) is 4.79 Å². The molecule has 0 aromatic rings. The third kappa shape index (κ3) is 8.71. The minimum atomic E-state index is -0.370. The smallest absolute Gasteiger partial charge is 0.122 e. The number of carbonyl (C=O) groups is 1. The van der Waals surface area contributed by atoms with Crippen LogP contribution in [0.15, 0.2) is 40.6 Å². The van der Waals surface area contributed by atoms with E-state index in [2.05, 4.69) is 60.7 Å². The lowest BCUT2D eigenvalue weighted by Crippen LogP contribution is -2.37. The van der Waals surface area contributed by atoms with Gasteiger partial charge in [0.2, 0.25) is 0 Å². The van der Waals surface area contributed by atoms with Crippen LogP contribution < -0.4 is 10.6 Å². The molecule has 2 aliphatic rings. The zero-order chi connectivity index (χ0) is 22.7. The van der Waals surface area contributed by atoms with Crippen LogP contribution in [-0.2, 0) is 14.6 Å². The second-order valence-electron chi connectivity index (χ2n) is 9.24. The van der Waals surface area contributed by atoms with Crippen LogP contribution in [0.4, 0.5) is 0 Å². The van der Waals surface area contributed by atoms with Crippen LogP contribution in [0.5, 0.6) is 0 Å². The van der Waals surface area contributed by atoms with Crippen molar-refractivity contribution in [2.24, 2.45) is 16.8 Å². The molecule has 0 spiro atoms. The van der Waals surface area contributed by atoms with Gasteiger partial charge in [-0.3, -0.25) is 4.99 Å². The molecular formula is C25H41N3O3. The highest BCUT2D eigenvalue weighted by Gasteiger charge is 2.29. The first-order valence-corrected chi connectivity index (χ1v) is 11.6. The van der Waals surface area contributed by atoms with Gasteiger partial charge in [0.1, 0.15) is 11.9 Å². The molecule has 5 atom stereocenters. The van der Waals surface area contributed by atoms with Gasteiger partial charge in [-0.2, -0.15) is 0 Å². The first kappa shape index (κ1) is 25.5. The van der Waals surface area contributed by atoms with Crippen molar-refractivity contribution in [2.75, 3.05) is 20.2 Å². The molecule has 0 saturated carbocycles. The second kappa shape index (κ2) is 12.9. The summed E-state index contributed by atoms with van der Waals surface area (Å²) in [6, 6.07) is 0.529. The summed E-state index contributed by atoms with van der Waals surface area (Å²) in [7, 11) is 1.96. The number of rotatable bonds is 15. The van der Waals surface area contributed by atoms with Crippen molar-refractivity contribution < 1.29 is 14.6 Å². The highest BCUT2D eigenvalue weighted by Crippen LogP contribution is 2.28. The Kier molecular flexibility index (Phi) is 10.6. The van der Waals surface area contributed by atoms with Crippen LogP contribution in [0.1, 0.15) is 59.8 Å². The molecular weight excluding hydrogens is 390 g/mol. The molecule has 1 aliphatic carbocycles. The number of aldehydes is 1. The largest absolute Gasteiger partial charge is 0.388 e. The molecule has 0 fully saturated rings. The van der Waals surface area contributed by atoms with Crippen molar-refractivity contribution in [1.82, 2.24) is 10.6 Å². The minimum Gasteiger partial charge on any atom is -0.388 e. The fraction of sp³-hybridized carbons (Fsp3) is 0.680. The van der Waals surface area contributed by atoms with Gasteiger partial charge in [0.05, 0.1) is 12.6 Å². The van der Waals surface area contributed by atoms with Gasteiger partial charge < -0.3 is 15.4 Å². The number of hydrogen-bond acceptors (Lipinski definition) is 6. The molecule has 0 radical (unpaired) electrons. The van der Waals surface area contributed by atoms with E-state index < -0.39 is 0 Å². The molecule has 2 rings (SSSR count). The average molecular weight is 432 g/mol. The maximum absolute atomic E-state index is 10.9. The van der Waals surface area contributed by atoms with Crippen LogP contribution in [0.3, 0.4) is 0 Å². The van der Waals surface area contributed by atoms with Crippen LogP contribution >= 0.6 is 0 Å². The third-order valence-corrected chi connectivity index (χ3v) is 6.06. The number of hydrogen-bond donors (Lipinski definition) is 2. The minimum absolute atomic E-state index is 0.0927. The molecule has 4 unspecified atom stereocenters. The summed E-state index contributed by atoms with van der Waals surface area (Å²) in [5.74, 6) is 0.390. The Morgan fingerprint density at radius 1 is 1.32 bits per heavy atom. The van der Waals surface area contributed by atoms with Crippen LogP contribution in [0.2, 0.25) is 0 Å². The van der Waals surface area contributed by atoms with Crippen LogP contribution in [0, 0.1) is 11.8 Å². The van der Waals surface area contributed by atoms with Gasteiger partial charge in [-0.05, 0) is 66.0 Å². The first-order valence-electron chi connectivity index (χ1n) is 11.6. The Morgan fingerprint density at radius 2 is 2.13 bits per heavy atom. The summed E-state index contributed by atoms with van der Waals surface area (Å²) in [6.45, 7) is 9.67. The normalized spacial score (nSPS) is 23.9. The van der Waals surface area contributed by atoms with E-state index in [1.54, 1.807) is 0 Å². The van der Waals surface area contributed by atoms with Gasteiger partial charge in [-0.25, -0.2) is 9.78 Å². The first-order chi connectivity index (χ1) is 14.9. The second-order valence-corrected chi connectivity index (χ2v) is 9.24. The van der Waals surface area contributed by atoms with E-state index >= 15 is 0 Å². The van der Waals surface area contributed by atoms with Crippen molar-refractivity contribution in [3.63, 3.8) is 0 Å². The molecule has 0 aromatic carbocycles. The fourth-order valence-electron chi connectivity index (χ4n) is 4.07. The molecule has 6 nitrogen and oxygen atoms in total. The summed E-state index contributed by atoms with van der Waals surface area (Å²) in [5, 5.41) is 6.81. The predicted molar refractivity (Wildman–Crippen MR) is 127 cm³/mol. The maximum Gasteiger partial charge on any atom is 0.122 e. The lowest BCUT2D eigenvalue weighted by atomic mass is 9.88. The number of aliphatic imine (C=N–C) groups is 1. The highest BCUT2D eigenvalue weighted by atomic mass is 17.2. The Hall–Kier alpha value is -1.76. The summed E-state index contributed by atoms with van der Waals surface area (Å²) in [5.41, 5.74) is 2.10. The number of fused-ring (bicyclic) bond motifs is 1. The van der Waals surface area contributed by atoms with E-state index in [0.29, 0.717) is 18.6 Å². The zero-order valence-electron chi connectivity index (χ0n) is 19.9. The van der Waals surface area contributed by atoms with E-state index in [4.69, 9.17) is 9.78 Å². The molecule has 0 saturated heterocycles. The van der Waals surface area contributed by atoms with Gasteiger partial charge in [0.25, 0.3) is 0 Å². The molecule has 31 heavy (non-hydrogen) atoms. The number of allylic oxidation sites excluding steroid dienone is 3.